The Bertz CT molecular complexity index is 906. The van der Waals surface area contributed by atoms with Gasteiger partial charge in [0, 0.05) is 44.2 Å². The minimum Gasteiger partial charge on any atom is -0.488 e. The number of nitrogens with one attached hydrogen (secondary N) is 3. The van der Waals surface area contributed by atoms with Crippen LogP contribution in [0.1, 0.15) is 42.9 Å². The fourth-order valence-electron chi connectivity index (χ4n) is 3.44. The summed E-state index contributed by atoms with van der Waals surface area (Å²) in [5.74, 6) is 1.65. The average molecular weight is 439 g/mol. The molecular formula is C25H34N4O3. The molecule has 2 aromatic carbocycles. The molecule has 0 spiro atoms. The summed E-state index contributed by atoms with van der Waals surface area (Å²) in [4.78, 5) is 16.0. The number of nitrogens with zero attached hydrogens (tertiary/aromatic N) is 1. The lowest BCUT2D eigenvalue weighted by Crippen LogP contribution is -2.36. The first-order chi connectivity index (χ1) is 15.6. The Balaban J connectivity index is 1.51. The molecule has 0 saturated carbocycles. The van der Waals surface area contributed by atoms with Gasteiger partial charge in [0.15, 0.2) is 5.96 Å². The number of carbonyl (C=O) groups excluding carboxylic acids is 1. The normalized spacial score (nSPS) is 16.0. The molecule has 0 aromatic heterocycles. The topological polar surface area (TPSA) is 84.0 Å². The molecule has 1 unspecified atom stereocenters. The molecule has 1 saturated heterocycles. The highest BCUT2D eigenvalue weighted by Gasteiger charge is 2.18. The molecule has 1 aliphatic rings. The van der Waals surface area contributed by atoms with Gasteiger partial charge in [-0.25, -0.2) is 0 Å². The van der Waals surface area contributed by atoms with E-state index in [1.807, 2.05) is 31.2 Å². The molecule has 0 bridgehead atoms. The van der Waals surface area contributed by atoms with Gasteiger partial charge in [-0.2, -0.15) is 0 Å². The van der Waals surface area contributed by atoms with Gasteiger partial charge in [-0.15, -0.1) is 0 Å². The fourth-order valence-corrected chi connectivity index (χ4v) is 3.44. The monoisotopic (exact) mass is 438 g/mol. The van der Waals surface area contributed by atoms with Crippen molar-refractivity contribution in [2.75, 3.05) is 25.6 Å². The first kappa shape index (κ1) is 23.6. The second-order valence-electron chi connectivity index (χ2n) is 7.99. The summed E-state index contributed by atoms with van der Waals surface area (Å²) in [5, 5.41) is 9.60. The van der Waals surface area contributed by atoms with E-state index in [4.69, 9.17) is 9.47 Å². The van der Waals surface area contributed by atoms with Crippen molar-refractivity contribution < 1.29 is 14.3 Å². The van der Waals surface area contributed by atoms with Crippen LogP contribution in [0.4, 0.5) is 5.69 Å². The van der Waals surface area contributed by atoms with Crippen LogP contribution in [0, 0.1) is 6.92 Å². The van der Waals surface area contributed by atoms with Gasteiger partial charge in [0.25, 0.3) is 0 Å². The molecular weight excluding hydrogens is 404 g/mol. The largest absolute Gasteiger partial charge is 0.488 e. The maximum atomic E-state index is 11.7. The number of anilines is 1. The van der Waals surface area contributed by atoms with Crippen LogP contribution >= 0.6 is 0 Å². The first-order valence-corrected chi connectivity index (χ1v) is 11.2. The van der Waals surface area contributed by atoms with Crippen LogP contribution in [0.3, 0.4) is 0 Å². The average Bonchev–Trinajstić information content (AvgIpc) is 3.29. The van der Waals surface area contributed by atoms with Crippen molar-refractivity contribution in [3.8, 4) is 5.75 Å². The number of guanidine groups is 1. The van der Waals surface area contributed by atoms with Gasteiger partial charge in [-0.1, -0.05) is 31.2 Å². The molecule has 2 aromatic rings. The molecule has 1 fully saturated rings. The second-order valence-corrected chi connectivity index (χ2v) is 7.99. The van der Waals surface area contributed by atoms with Crippen molar-refractivity contribution in [1.82, 2.24) is 10.6 Å². The SMILES string of the molecule is CCCC(=O)Nc1ccc(CNC(=NC)NCc2ccc(C)cc2OC2CCOC2)cc1. The predicted molar refractivity (Wildman–Crippen MR) is 128 cm³/mol. The van der Waals surface area contributed by atoms with Crippen molar-refractivity contribution >= 4 is 17.6 Å². The van der Waals surface area contributed by atoms with E-state index in [2.05, 4.69) is 46.1 Å². The van der Waals surface area contributed by atoms with Crippen molar-refractivity contribution in [1.29, 1.82) is 0 Å². The van der Waals surface area contributed by atoms with Crippen molar-refractivity contribution in [2.24, 2.45) is 4.99 Å². The van der Waals surface area contributed by atoms with Crippen LogP contribution < -0.4 is 20.7 Å². The van der Waals surface area contributed by atoms with Crippen LogP contribution in [-0.2, 0) is 22.6 Å². The molecule has 7 heteroatoms. The quantitative estimate of drug-likeness (QED) is 0.410. The van der Waals surface area contributed by atoms with E-state index in [1.165, 1.54) is 5.56 Å². The number of rotatable bonds is 9. The highest BCUT2D eigenvalue weighted by Crippen LogP contribution is 2.23. The summed E-state index contributed by atoms with van der Waals surface area (Å²) >= 11 is 0. The van der Waals surface area contributed by atoms with Gasteiger partial charge in [-0.3, -0.25) is 9.79 Å². The molecule has 1 heterocycles. The number of amides is 1. The summed E-state index contributed by atoms with van der Waals surface area (Å²) in [6, 6.07) is 14.1. The molecule has 32 heavy (non-hydrogen) atoms. The van der Waals surface area contributed by atoms with Gasteiger partial charge in [0.1, 0.15) is 11.9 Å². The van der Waals surface area contributed by atoms with Gasteiger partial charge >= 0.3 is 0 Å². The van der Waals surface area contributed by atoms with Gasteiger partial charge in [0.2, 0.25) is 5.91 Å². The van der Waals surface area contributed by atoms with Crippen LogP contribution in [-0.4, -0.2) is 38.2 Å². The Kier molecular flexibility index (Phi) is 8.92. The molecule has 0 radical (unpaired) electrons. The smallest absolute Gasteiger partial charge is 0.224 e. The van der Waals surface area contributed by atoms with Crippen LogP contribution in [0.25, 0.3) is 0 Å². The van der Waals surface area contributed by atoms with Crippen LogP contribution in [0.5, 0.6) is 5.75 Å². The second kappa shape index (κ2) is 12.1. The number of hydrogen-bond acceptors (Lipinski definition) is 4. The predicted octanol–water partition coefficient (Wildman–Crippen LogP) is 3.77. The maximum Gasteiger partial charge on any atom is 0.224 e. The Hall–Kier alpha value is -3.06. The van der Waals surface area contributed by atoms with E-state index in [9.17, 15) is 4.79 Å². The summed E-state index contributed by atoms with van der Waals surface area (Å²) in [6.07, 6.45) is 2.41. The van der Waals surface area contributed by atoms with E-state index < -0.39 is 0 Å². The van der Waals surface area contributed by atoms with Gasteiger partial charge in [-0.05, 0) is 42.7 Å². The highest BCUT2D eigenvalue weighted by atomic mass is 16.5. The van der Waals surface area contributed by atoms with Crippen molar-refractivity contribution in [3.05, 3.63) is 59.2 Å². The zero-order chi connectivity index (χ0) is 22.8. The van der Waals surface area contributed by atoms with Crippen molar-refractivity contribution in [3.63, 3.8) is 0 Å². The van der Waals surface area contributed by atoms with E-state index in [1.54, 1.807) is 7.05 Å². The Morgan fingerprint density at radius 2 is 1.94 bits per heavy atom. The lowest BCUT2D eigenvalue weighted by Gasteiger charge is -2.18. The van der Waals surface area contributed by atoms with Crippen LogP contribution in [0.15, 0.2) is 47.5 Å². The molecule has 1 atom stereocenters. The number of aryl methyl sites for hydroxylation is 1. The first-order valence-electron chi connectivity index (χ1n) is 11.2. The minimum absolute atomic E-state index is 0.0443. The Morgan fingerprint density at radius 1 is 1.16 bits per heavy atom. The number of ether oxygens (including phenoxy) is 2. The van der Waals surface area contributed by atoms with Crippen molar-refractivity contribution in [2.45, 2.75) is 52.3 Å². The summed E-state index contributed by atoms with van der Waals surface area (Å²) in [7, 11) is 1.75. The molecule has 1 amide bonds. The third-order valence-corrected chi connectivity index (χ3v) is 5.25. The molecule has 1 aliphatic heterocycles. The fraction of sp³-hybridized carbons (Fsp3) is 0.440. The zero-order valence-electron chi connectivity index (χ0n) is 19.2. The molecule has 0 aliphatic carbocycles. The van der Waals surface area contributed by atoms with E-state index in [0.717, 1.165) is 42.0 Å². The Labute approximate surface area is 190 Å². The highest BCUT2D eigenvalue weighted by molar-refractivity contribution is 5.90. The summed E-state index contributed by atoms with van der Waals surface area (Å²) in [5.41, 5.74) is 4.16. The van der Waals surface area contributed by atoms with E-state index >= 15 is 0 Å². The third-order valence-electron chi connectivity index (χ3n) is 5.25. The number of aliphatic imine (C=N–C) groups is 1. The lowest BCUT2D eigenvalue weighted by molar-refractivity contribution is -0.116. The Morgan fingerprint density at radius 3 is 2.62 bits per heavy atom. The zero-order valence-corrected chi connectivity index (χ0v) is 19.2. The maximum absolute atomic E-state index is 11.7. The summed E-state index contributed by atoms with van der Waals surface area (Å²) in [6.45, 7) is 6.69. The molecule has 172 valence electrons. The summed E-state index contributed by atoms with van der Waals surface area (Å²) < 4.78 is 11.6. The van der Waals surface area contributed by atoms with E-state index in [-0.39, 0.29) is 12.0 Å². The molecule has 3 N–H and O–H groups in total. The number of hydrogen-bond donors (Lipinski definition) is 3. The van der Waals surface area contributed by atoms with Gasteiger partial charge in [0.05, 0.1) is 13.2 Å². The minimum atomic E-state index is 0.0443. The van der Waals surface area contributed by atoms with Gasteiger partial charge < -0.3 is 25.4 Å². The lowest BCUT2D eigenvalue weighted by atomic mass is 10.1. The molecule has 7 nitrogen and oxygen atoms in total. The van der Waals surface area contributed by atoms with E-state index in [0.29, 0.717) is 32.1 Å². The molecule has 3 rings (SSSR count). The number of benzene rings is 2. The van der Waals surface area contributed by atoms with Crippen LogP contribution in [0.2, 0.25) is 0 Å². The number of carbonyl (C=O) groups is 1. The standard InChI is InChI=1S/C25H34N4O3/c1-4-5-24(30)29-21-10-7-19(8-11-21)15-27-25(26-3)28-16-20-9-6-18(2)14-23(20)32-22-12-13-31-17-22/h6-11,14,22H,4-5,12-13,15-17H2,1-3H3,(H,29,30)(H2,26,27,28). The third kappa shape index (κ3) is 7.27.